The first-order valence-corrected chi connectivity index (χ1v) is 9.12. The Morgan fingerprint density at radius 1 is 1.00 bits per heavy atom. The lowest BCUT2D eigenvalue weighted by molar-refractivity contribution is -0.137. The van der Waals surface area contributed by atoms with Gasteiger partial charge in [0.25, 0.3) is 0 Å². The molecule has 0 N–H and O–H groups in total. The van der Waals surface area contributed by atoms with Crippen molar-refractivity contribution in [1.29, 1.82) is 0 Å². The third-order valence-corrected chi connectivity index (χ3v) is 3.71. The molecule has 0 saturated carbocycles. The van der Waals surface area contributed by atoms with E-state index in [0.29, 0.717) is 24.7 Å². The predicted molar refractivity (Wildman–Crippen MR) is 102 cm³/mol. The third kappa shape index (κ3) is 5.74. The van der Waals surface area contributed by atoms with E-state index in [-0.39, 0.29) is 23.7 Å². The standard InChI is InChI=1S/C20H26F3N3O2/c1-13(2)11-27-17-9-7-6-8-16(17)26(5)18-15(20(21,22)23)10-24-19(25-18)28-12-14(3)4/h6-10,13-14H,11-12H2,1-5H3. The van der Waals surface area contributed by atoms with Crippen molar-refractivity contribution in [2.45, 2.75) is 33.9 Å². The molecule has 0 radical (unpaired) electrons. The summed E-state index contributed by atoms with van der Waals surface area (Å²) in [4.78, 5) is 9.11. The summed E-state index contributed by atoms with van der Waals surface area (Å²) in [5.74, 6) is 0.661. The van der Waals surface area contributed by atoms with Crippen LogP contribution in [0.2, 0.25) is 0 Å². The average molecular weight is 397 g/mol. The zero-order valence-corrected chi connectivity index (χ0v) is 16.7. The Morgan fingerprint density at radius 2 is 1.61 bits per heavy atom. The minimum Gasteiger partial charge on any atom is -0.491 e. The summed E-state index contributed by atoms with van der Waals surface area (Å²) in [6.07, 6.45) is -3.85. The predicted octanol–water partition coefficient (Wildman–Crippen LogP) is 5.33. The molecule has 0 aliphatic heterocycles. The number of aromatic nitrogens is 2. The van der Waals surface area contributed by atoms with E-state index in [1.807, 2.05) is 27.7 Å². The first-order chi connectivity index (χ1) is 13.1. The number of alkyl halides is 3. The van der Waals surface area contributed by atoms with Gasteiger partial charge in [-0.05, 0) is 24.0 Å². The summed E-state index contributed by atoms with van der Waals surface area (Å²) in [7, 11) is 1.52. The molecule has 1 aromatic carbocycles. The smallest absolute Gasteiger partial charge is 0.421 e. The van der Waals surface area contributed by atoms with E-state index in [1.165, 1.54) is 11.9 Å². The van der Waals surface area contributed by atoms with Crippen LogP contribution >= 0.6 is 0 Å². The van der Waals surface area contributed by atoms with Gasteiger partial charge in [0.2, 0.25) is 0 Å². The van der Waals surface area contributed by atoms with Crippen molar-refractivity contribution in [1.82, 2.24) is 9.97 Å². The lowest BCUT2D eigenvalue weighted by Gasteiger charge is -2.25. The van der Waals surface area contributed by atoms with Crippen molar-refractivity contribution < 1.29 is 22.6 Å². The van der Waals surface area contributed by atoms with Gasteiger partial charge in [-0.2, -0.15) is 18.2 Å². The number of nitrogens with zero attached hydrogens (tertiary/aromatic N) is 3. The maximum atomic E-state index is 13.5. The lowest BCUT2D eigenvalue weighted by atomic mass is 10.2. The molecule has 154 valence electrons. The number of para-hydroxylation sites is 2. The highest BCUT2D eigenvalue weighted by molar-refractivity contribution is 5.68. The van der Waals surface area contributed by atoms with Gasteiger partial charge in [0.05, 0.1) is 18.9 Å². The molecule has 5 nitrogen and oxygen atoms in total. The second kappa shape index (κ2) is 9.12. The van der Waals surface area contributed by atoms with Crippen LogP contribution in [0.5, 0.6) is 11.8 Å². The quantitative estimate of drug-likeness (QED) is 0.602. The number of hydrogen-bond acceptors (Lipinski definition) is 5. The van der Waals surface area contributed by atoms with Gasteiger partial charge in [-0.1, -0.05) is 39.8 Å². The van der Waals surface area contributed by atoms with E-state index in [4.69, 9.17) is 9.47 Å². The Balaban J connectivity index is 2.45. The Labute approximate surface area is 163 Å². The molecule has 0 spiro atoms. The SMILES string of the molecule is CC(C)COc1ncc(C(F)(F)F)c(N(C)c2ccccc2OCC(C)C)n1. The highest BCUT2D eigenvalue weighted by Gasteiger charge is 2.37. The van der Waals surface area contributed by atoms with Gasteiger partial charge in [0, 0.05) is 13.2 Å². The van der Waals surface area contributed by atoms with Crippen molar-refractivity contribution in [3.8, 4) is 11.8 Å². The maximum absolute atomic E-state index is 13.5. The third-order valence-electron chi connectivity index (χ3n) is 3.71. The topological polar surface area (TPSA) is 47.5 Å². The van der Waals surface area contributed by atoms with E-state index in [9.17, 15) is 13.2 Å². The van der Waals surface area contributed by atoms with Gasteiger partial charge in [0.1, 0.15) is 11.3 Å². The van der Waals surface area contributed by atoms with Gasteiger partial charge in [-0.25, -0.2) is 4.98 Å². The average Bonchev–Trinajstić information content (AvgIpc) is 2.63. The monoisotopic (exact) mass is 397 g/mol. The Hall–Kier alpha value is -2.51. The van der Waals surface area contributed by atoms with Crippen LogP contribution in [0.3, 0.4) is 0 Å². The molecule has 8 heteroatoms. The molecular formula is C20H26F3N3O2. The van der Waals surface area contributed by atoms with Crippen molar-refractivity contribution >= 4 is 11.5 Å². The molecule has 0 aliphatic rings. The molecule has 0 atom stereocenters. The van der Waals surface area contributed by atoms with Crippen LogP contribution in [0, 0.1) is 11.8 Å². The number of ether oxygens (including phenoxy) is 2. The summed E-state index contributed by atoms with van der Waals surface area (Å²) in [6.45, 7) is 8.61. The number of benzene rings is 1. The van der Waals surface area contributed by atoms with Crippen LogP contribution < -0.4 is 14.4 Å². The zero-order chi connectivity index (χ0) is 20.9. The van der Waals surface area contributed by atoms with Gasteiger partial charge in [0.15, 0.2) is 5.82 Å². The second-order valence-corrected chi connectivity index (χ2v) is 7.32. The Morgan fingerprint density at radius 3 is 2.21 bits per heavy atom. The molecular weight excluding hydrogens is 371 g/mol. The second-order valence-electron chi connectivity index (χ2n) is 7.32. The highest BCUT2D eigenvalue weighted by atomic mass is 19.4. The summed E-state index contributed by atoms with van der Waals surface area (Å²) >= 11 is 0. The number of anilines is 2. The molecule has 1 aromatic heterocycles. The fraction of sp³-hybridized carbons (Fsp3) is 0.500. The molecule has 0 unspecified atom stereocenters. The first kappa shape index (κ1) is 21.8. The molecule has 2 rings (SSSR count). The molecule has 0 saturated heterocycles. The van der Waals surface area contributed by atoms with E-state index < -0.39 is 11.7 Å². The number of hydrogen-bond donors (Lipinski definition) is 0. The lowest BCUT2D eigenvalue weighted by Crippen LogP contribution is -2.20. The molecule has 0 aliphatic carbocycles. The van der Waals surface area contributed by atoms with Crippen LogP contribution in [0.25, 0.3) is 0 Å². The Bertz CT molecular complexity index is 780. The minimum atomic E-state index is -4.60. The van der Waals surface area contributed by atoms with Crippen LogP contribution in [-0.2, 0) is 6.18 Å². The maximum Gasteiger partial charge on any atom is 0.421 e. The molecule has 0 bridgehead atoms. The van der Waals surface area contributed by atoms with Crippen LogP contribution in [0.1, 0.15) is 33.3 Å². The summed E-state index contributed by atoms with van der Waals surface area (Å²) in [6, 6.07) is 6.82. The van der Waals surface area contributed by atoms with Crippen molar-refractivity contribution in [2.75, 3.05) is 25.2 Å². The van der Waals surface area contributed by atoms with Crippen LogP contribution in [0.4, 0.5) is 24.7 Å². The molecule has 28 heavy (non-hydrogen) atoms. The van der Waals surface area contributed by atoms with E-state index in [0.717, 1.165) is 6.20 Å². The minimum absolute atomic E-state index is 0.0934. The summed E-state index contributed by atoms with van der Waals surface area (Å²) < 4.78 is 51.8. The normalized spacial score (nSPS) is 11.8. The Kier molecular flexibility index (Phi) is 7.10. The molecule has 0 amide bonds. The van der Waals surface area contributed by atoms with Gasteiger partial charge < -0.3 is 14.4 Å². The molecule has 0 fully saturated rings. The van der Waals surface area contributed by atoms with Crippen molar-refractivity contribution in [2.24, 2.45) is 11.8 Å². The largest absolute Gasteiger partial charge is 0.491 e. The van der Waals surface area contributed by atoms with E-state index in [1.54, 1.807) is 24.3 Å². The fourth-order valence-electron chi connectivity index (χ4n) is 2.35. The van der Waals surface area contributed by atoms with Gasteiger partial charge in [-0.3, -0.25) is 0 Å². The number of rotatable bonds is 8. The van der Waals surface area contributed by atoms with Crippen molar-refractivity contribution in [3.05, 3.63) is 36.0 Å². The fourth-order valence-corrected chi connectivity index (χ4v) is 2.35. The zero-order valence-electron chi connectivity index (χ0n) is 16.7. The van der Waals surface area contributed by atoms with Crippen LogP contribution in [-0.4, -0.2) is 30.2 Å². The summed E-state index contributed by atoms with van der Waals surface area (Å²) in [5.41, 5.74) is -0.465. The van der Waals surface area contributed by atoms with E-state index in [2.05, 4.69) is 9.97 Å². The van der Waals surface area contributed by atoms with Crippen LogP contribution in [0.15, 0.2) is 30.5 Å². The molecule has 1 heterocycles. The van der Waals surface area contributed by atoms with Gasteiger partial charge in [-0.15, -0.1) is 0 Å². The molecule has 2 aromatic rings. The first-order valence-electron chi connectivity index (χ1n) is 9.12. The summed E-state index contributed by atoms with van der Waals surface area (Å²) in [5, 5.41) is 0. The van der Waals surface area contributed by atoms with Gasteiger partial charge >= 0.3 is 12.2 Å². The highest BCUT2D eigenvalue weighted by Crippen LogP contribution is 2.40. The van der Waals surface area contributed by atoms with Crippen molar-refractivity contribution in [3.63, 3.8) is 0 Å². The van der Waals surface area contributed by atoms with E-state index >= 15 is 0 Å². The number of halogens is 3.